The highest BCUT2D eigenvalue weighted by atomic mass is 32.1. The first-order chi connectivity index (χ1) is 10.1. The molecule has 1 unspecified atom stereocenters. The van der Waals surface area contributed by atoms with Crippen LogP contribution in [0.1, 0.15) is 18.5 Å². The number of rotatable bonds is 5. The zero-order valence-corrected chi connectivity index (χ0v) is 12.7. The molecular formula is C14H16N4O2S. The van der Waals surface area contributed by atoms with E-state index in [-0.39, 0.29) is 5.91 Å². The van der Waals surface area contributed by atoms with Gasteiger partial charge in [0.05, 0.1) is 23.2 Å². The third-order valence-corrected chi connectivity index (χ3v) is 3.54. The molecule has 0 aliphatic heterocycles. The first-order valence-electron chi connectivity index (χ1n) is 6.50. The minimum Gasteiger partial charge on any atom is -0.383 e. The standard InChI is InChI=1S/C14H16N4O2S/c1-9(13(19)16-6-7-20-2)18-11-5-3-4-10(8-15)12(11)17-14(18)21/h3-5,9H,6-7H2,1-2H3,(H,16,19)(H,17,21). The Balaban J connectivity index is 2.38. The number of hydrogen-bond donors (Lipinski definition) is 2. The summed E-state index contributed by atoms with van der Waals surface area (Å²) < 4.78 is 7.04. The van der Waals surface area contributed by atoms with Crippen LogP contribution in [0.4, 0.5) is 0 Å². The molecule has 2 N–H and O–H groups in total. The molecule has 0 radical (unpaired) electrons. The highest BCUT2D eigenvalue weighted by Gasteiger charge is 2.19. The zero-order chi connectivity index (χ0) is 15.4. The Hall–Kier alpha value is -2.17. The summed E-state index contributed by atoms with van der Waals surface area (Å²) in [5, 5.41) is 11.9. The van der Waals surface area contributed by atoms with Crippen molar-refractivity contribution >= 4 is 29.2 Å². The summed E-state index contributed by atoms with van der Waals surface area (Å²) in [6.45, 7) is 2.67. The summed E-state index contributed by atoms with van der Waals surface area (Å²) in [4.78, 5) is 15.2. The number of fused-ring (bicyclic) bond motifs is 1. The first-order valence-corrected chi connectivity index (χ1v) is 6.91. The van der Waals surface area contributed by atoms with Gasteiger partial charge >= 0.3 is 0 Å². The van der Waals surface area contributed by atoms with Crippen molar-refractivity contribution in [1.29, 1.82) is 5.26 Å². The highest BCUT2D eigenvalue weighted by molar-refractivity contribution is 7.71. The summed E-state index contributed by atoms with van der Waals surface area (Å²) in [5.74, 6) is -0.147. The second kappa shape index (κ2) is 6.52. The Labute approximate surface area is 127 Å². The Morgan fingerprint density at radius 1 is 1.62 bits per heavy atom. The molecule has 110 valence electrons. The van der Waals surface area contributed by atoms with E-state index in [0.717, 1.165) is 5.52 Å². The molecule has 1 aromatic heterocycles. The van der Waals surface area contributed by atoms with E-state index in [2.05, 4.69) is 16.4 Å². The maximum Gasteiger partial charge on any atom is 0.242 e. The number of ether oxygens (including phenoxy) is 1. The molecule has 2 aromatic rings. The molecule has 0 saturated heterocycles. The Kier molecular flexibility index (Phi) is 4.73. The molecule has 1 atom stereocenters. The van der Waals surface area contributed by atoms with E-state index in [1.807, 2.05) is 6.07 Å². The number of para-hydroxylation sites is 1. The van der Waals surface area contributed by atoms with Crippen LogP contribution in [0.25, 0.3) is 11.0 Å². The van der Waals surface area contributed by atoms with E-state index in [1.54, 1.807) is 30.7 Å². The number of imidazole rings is 1. The van der Waals surface area contributed by atoms with Crippen molar-refractivity contribution in [3.05, 3.63) is 28.5 Å². The molecule has 0 fully saturated rings. The van der Waals surface area contributed by atoms with Gasteiger partial charge in [-0.05, 0) is 31.3 Å². The van der Waals surface area contributed by atoms with Crippen molar-refractivity contribution in [2.24, 2.45) is 0 Å². The number of amides is 1. The van der Waals surface area contributed by atoms with Crippen LogP contribution in [0, 0.1) is 16.1 Å². The third kappa shape index (κ3) is 2.96. The van der Waals surface area contributed by atoms with Gasteiger partial charge in [0.1, 0.15) is 12.1 Å². The number of hydrogen-bond acceptors (Lipinski definition) is 4. The summed E-state index contributed by atoms with van der Waals surface area (Å²) >= 11 is 5.28. The lowest BCUT2D eigenvalue weighted by Gasteiger charge is -2.14. The number of carbonyl (C=O) groups is 1. The van der Waals surface area contributed by atoms with Crippen LogP contribution >= 0.6 is 12.2 Å². The molecule has 6 nitrogen and oxygen atoms in total. The van der Waals surface area contributed by atoms with Gasteiger partial charge in [-0.15, -0.1) is 0 Å². The number of benzene rings is 1. The monoisotopic (exact) mass is 304 g/mol. The number of nitrogens with zero attached hydrogens (tertiary/aromatic N) is 2. The number of carbonyl (C=O) groups excluding carboxylic acids is 1. The normalized spacial score (nSPS) is 12.0. The third-order valence-electron chi connectivity index (χ3n) is 3.25. The van der Waals surface area contributed by atoms with Gasteiger partial charge < -0.3 is 19.6 Å². The second-order valence-corrected chi connectivity index (χ2v) is 4.96. The molecule has 1 amide bonds. The fourth-order valence-corrected chi connectivity index (χ4v) is 2.53. The SMILES string of the molecule is COCCNC(=O)C(C)n1c(=S)[nH]c2c(C#N)cccc21. The summed E-state index contributed by atoms with van der Waals surface area (Å²) in [6, 6.07) is 6.96. The van der Waals surface area contributed by atoms with Gasteiger partial charge in [-0.2, -0.15) is 5.26 Å². The number of nitriles is 1. The lowest BCUT2D eigenvalue weighted by atomic mass is 10.2. The van der Waals surface area contributed by atoms with Crippen LogP contribution in [0.15, 0.2) is 18.2 Å². The van der Waals surface area contributed by atoms with Gasteiger partial charge in [-0.1, -0.05) is 6.07 Å². The van der Waals surface area contributed by atoms with Crippen LogP contribution < -0.4 is 5.32 Å². The van der Waals surface area contributed by atoms with Gasteiger partial charge in [0.25, 0.3) is 0 Å². The van der Waals surface area contributed by atoms with Crippen molar-refractivity contribution < 1.29 is 9.53 Å². The molecule has 7 heteroatoms. The van der Waals surface area contributed by atoms with Crippen LogP contribution in [-0.4, -0.2) is 35.7 Å². The van der Waals surface area contributed by atoms with Gasteiger partial charge in [0.15, 0.2) is 4.77 Å². The van der Waals surface area contributed by atoms with E-state index >= 15 is 0 Å². The largest absolute Gasteiger partial charge is 0.383 e. The van der Waals surface area contributed by atoms with Crippen LogP contribution in [-0.2, 0) is 9.53 Å². The molecule has 1 heterocycles. The van der Waals surface area contributed by atoms with Crippen molar-refractivity contribution in [3.8, 4) is 6.07 Å². The summed E-state index contributed by atoms with van der Waals surface area (Å²) in [7, 11) is 1.58. The second-order valence-electron chi connectivity index (χ2n) is 4.57. The van der Waals surface area contributed by atoms with Crippen molar-refractivity contribution in [3.63, 3.8) is 0 Å². The lowest BCUT2D eigenvalue weighted by molar-refractivity contribution is -0.124. The van der Waals surface area contributed by atoms with Gasteiger partial charge in [0.2, 0.25) is 5.91 Å². The molecule has 0 aliphatic rings. The average Bonchev–Trinajstić information content (AvgIpc) is 2.82. The van der Waals surface area contributed by atoms with Gasteiger partial charge in [-0.25, -0.2) is 0 Å². The minimum absolute atomic E-state index is 0.147. The van der Waals surface area contributed by atoms with Crippen LogP contribution in [0.2, 0.25) is 0 Å². The fraction of sp³-hybridized carbons (Fsp3) is 0.357. The Bertz CT molecular complexity index is 756. The van der Waals surface area contributed by atoms with E-state index in [9.17, 15) is 4.79 Å². The fourth-order valence-electron chi connectivity index (χ4n) is 2.17. The van der Waals surface area contributed by atoms with Gasteiger partial charge in [-0.3, -0.25) is 4.79 Å². The lowest BCUT2D eigenvalue weighted by Crippen LogP contribution is -2.33. The average molecular weight is 304 g/mol. The van der Waals surface area contributed by atoms with Crippen LogP contribution in [0.3, 0.4) is 0 Å². The number of H-pyrrole nitrogens is 1. The molecule has 2 rings (SSSR count). The maximum atomic E-state index is 12.2. The number of nitrogens with one attached hydrogen (secondary N) is 2. The Morgan fingerprint density at radius 2 is 2.38 bits per heavy atom. The smallest absolute Gasteiger partial charge is 0.242 e. The van der Waals surface area contributed by atoms with E-state index in [4.69, 9.17) is 22.2 Å². The zero-order valence-electron chi connectivity index (χ0n) is 11.8. The molecule has 0 spiro atoms. The van der Waals surface area contributed by atoms with Gasteiger partial charge in [0, 0.05) is 13.7 Å². The topological polar surface area (TPSA) is 82.8 Å². The molecule has 1 aromatic carbocycles. The van der Waals surface area contributed by atoms with Crippen molar-refractivity contribution in [2.75, 3.05) is 20.3 Å². The number of aromatic nitrogens is 2. The summed E-state index contributed by atoms with van der Waals surface area (Å²) in [5.41, 5.74) is 1.90. The summed E-state index contributed by atoms with van der Waals surface area (Å²) in [6.07, 6.45) is 0. The number of aromatic amines is 1. The van der Waals surface area contributed by atoms with Crippen LogP contribution in [0.5, 0.6) is 0 Å². The number of methoxy groups -OCH3 is 1. The highest BCUT2D eigenvalue weighted by Crippen LogP contribution is 2.21. The van der Waals surface area contributed by atoms with E-state index in [0.29, 0.717) is 29.0 Å². The quantitative estimate of drug-likeness (QED) is 0.653. The molecule has 0 bridgehead atoms. The molecule has 21 heavy (non-hydrogen) atoms. The predicted octanol–water partition coefficient (Wildman–Crippen LogP) is 1.89. The molecule has 0 saturated carbocycles. The Morgan fingerprint density at radius 3 is 3.05 bits per heavy atom. The maximum absolute atomic E-state index is 12.2. The minimum atomic E-state index is -0.475. The van der Waals surface area contributed by atoms with E-state index < -0.39 is 6.04 Å². The first kappa shape index (κ1) is 15.2. The van der Waals surface area contributed by atoms with E-state index in [1.165, 1.54) is 0 Å². The predicted molar refractivity (Wildman–Crippen MR) is 81.4 cm³/mol. The molecular weight excluding hydrogens is 288 g/mol. The van der Waals surface area contributed by atoms with Crippen molar-refractivity contribution in [1.82, 2.24) is 14.9 Å². The van der Waals surface area contributed by atoms with Crippen molar-refractivity contribution in [2.45, 2.75) is 13.0 Å². The molecule has 0 aliphatic carbocycles.